The minimum atomic E-state index is 0.658. The van der Waals surface area contributed by atoms with E-state index in [-0.39, 0.29) is 0 Å². The third kappa shape index (κ3) is 6.46. The Morgan fingerprint density at radius 3 is 2.70 bits per heavy atom. The lowest BCUT2D eigenvalue weighted by Gasteiger charge is -2.30. The first-order valence-electron chi connectivity index (χ1n) is 7.64. The number of ether oxygens (including phenoxy) is 1. The Balaban J connectivity index is 2.30. The van der Waals surface area contributed by atoms with Gasteiger partial charge in [0.2, 0.25) is 0 Å². The maximum absolute atomic E-state index is 5.22. The number of hydrogen-bond acceptors (Lipinski definition) is 4. The molecule has 0 radical (unpaired) electrons. The minimum Gasteiger partial charge on any atom is -0.383 e. The standard InChI is InChI=1S/C16H29N3O/c1-4-16(5-2)19(11-12-20-3)10-9-18-14-15-7-6-8-17-13-15/h6-8,13,16,18H,4-5,9-12,14H2,1-3H3. The van der Waals surface area contributed by atoms with E-state index in [1.165, 1.54) is 18.4 Å². The molecule has 0 fully saturated rings. The van der Waals surface area contributed by atoms with Crippen LogP contribution in [0.1, 0.15) is 32.3 Å². The molecule has 0 saturated carbocycles. The van der Waals surface area contributed by atoms with Gasteiger partial charge in [-0.25, -0.2) is 0 Å². The van der Waals surface area contributed by atoms with Crippen LogP contribution in [0.5, 0.6) is 0 Å². The van der Waals surface area contributed by atoms with Gasteiger partial charge in [0.1, 0.15) is 0 Å². The Morgan fingerprint density at radius 1 is 1.30 bits per heavy atom. The number of nitrogens with zero attached hydrogens (tertiary/aromatic N) is 2. The quantitative estimate of drug-likeness (QED) is 0.631. The average Bonchev–Trinajstić information content (AvgIpc) is 2.50. The second kappa shape index (κ2) is 10.8. The van der Waals surface area contributed by atoms with Gasteiger partial charge < -0.3 is 10.1 Å². The Labute approximate surface area is 123 Å². The highest BCUT2D eigenvalue weighted by atomic mass is 16.5. The molecule has 1 aromatic rings. The summed E-state index contributed by atoms with van der Waals surface area (Å²) in [5.41, 5.74) is 1.23. The topological polar surface area (TPSA) is 37.4 Å². The van der Waals surface area contributed by atoms with Crippen molar-refractivity contribution in [3.05, 3.63) is 30.1 Å². The number of methoxy groups -OCH3 is 1. The molecule has 0 unspecified atom stereocenters. The van der Waals surface area contributed by atoms with Crippen LogP contribution in [0.15, 0.2) is 24.5 Å². The van der Waals surface area contributed by atoms with Crippen molar-refractivity contribution < 1.29 is 4.74 Å². The summed E-state index contributed by atoms with van der Waals surface area (Å²) >= 11 is 0. The van der Waals surface area contributed by atoms with E-state index < -0.39 is 0 Å². The highest BCUT2D eigenvalue weighted by Crippen LogP contribution is 2.07. The van der Waals surface area contributed by atoms with Crippen LogP contribution in [0.4, 0.5) is 0 Å². The summed E-state index contributed by atoms with van der Waals surface area (Å²) in [4.78, 5) is 6.65. The van der Waals surface area contributed by atoms with Crippen molar-refractivity contribution in [3.8, 4) is 0 Å². The molecule has 0 atom stereocenters. The second-order valence-electron chi connectivity index (χ2n) is 5.04. The smallest absolute Gasteiger partial charge is 0.0589 e. The Kier molecular flexibility index (Phi) is 9.20. The molecule has 0 aliphatic heterocycles. The summed E-state index contributed by atoms with van der Waals surface area (Å²) < 4.78 is 5.22. The molecule has 1 N–H and O–H groups in total. The molecular formula is C16H29N3O. The molecule has 0 amide bonds. The fourth-order valence-corrected chi connectivity index (χ4v) is 2.45. The van der Waals surface area contributed by atoms with Crippen LogP contribution in [0.3, 0.4) is 0 Å². The molecule has 20 heavy (non-hydrogen) atoms. The fraction of sp³-hybridized carbons (Fsp3) is 0.688. The van der Waals surface area contributed by atoms with Gasteiger partial charge in [-0.15, -0.1) is 0 Å². The molecule has 0 aromatic carbocycles. The maximum atomic E-state index is 5.22. The largest absolute Gasteiger partial charge is 0.383 e. The normalized spacial score (nSPS) is 11.4. The van der Waals surface area contributed by atoms with Crippen LogP contribution in [-0.4, -0.2) is 49.3 Å². The number of aromatic nitrogens is 1. The molecule has 1 heterocycles. The van der Waals surface area contributed by atoms with Gasteiger partial charge in [-0.3, -0.25) is 9.88 Å². The van der Waals surface area contributed by atoms with E-state index in [1.807, 2.05) is 18.5 Å². The van der Waals surface area contributed by atoms with Crippen molar-refractivity contribution in [1.82, 2.24) is 15.2 Å². The van der Waals surface area contributed by atoms with Crippen LogP contribution in [0.2, 0.25) is 0 Å². The second-order valence-corrected chi connectivity index (χ2v) is 5.04. The van der Waals surface area contributed by atoms with Crippen molar-refractivity contribution in [2.24, 2.45) is 0 Å². The summed E-state index contributed by atoms with van der Waals surface area (Å²) in [6, 6.07) is 4.74. The number of nitrogens with one attached hydrogen (secondary N) is 1. The van der Waals surface area contributed by atoms with E-state index in [0.29, 0.717) is 6.04 Å². The molecule has 114 valence electrons. The molecule has 0 saturated heterocycles. The lowest BCUT2D eigenvalue weighted by atomic mass is 10.1. The van der Waals surface area contributed by atoms with Crippen molar-refractivity contribution in [2.45, 2.75) is 39.3 Å². The molecule has 0 bridgehead atoms. The Morgan fingerprint density at radius 2 is 2.10 bits per heavy atom. The van der Waals surface area contributed by atoms with E-state index in [2.05, 4.69) is 35.1 Å². The molecule has 0 aliphatic rings. The molecule has 4 heteroatoms. The molecule has 1 rings (SSSR count). The third-order valence-electron chi connectivity index (χ3n) is 3.67. The predicted molar refractivity (Wildman–Crippen MR) is 83.8 cm³/mol. The van der Waals surface area contributed by atoms with E-state index in [4.69, 9.17) is 4.74 Å². The van der Waals surface area contributed by atoms with Gasteiger partial charge in [-0.05, 0) is 24.5 Å². The fourth-order valence-electron chi connectivity index (χ4n) is 2.45. The van der Waals surface area contributed by atoms with Gasteiger partial charge in [-0.2, -0.15) is 0 Å². The summed E-state index contributed by atoms with van der Waals surface area (Å²) in [7, 11) is 1.77. The van der Waals surface area contributed by atoms with E-state index in [9.17, 15) is 0 Å². The van der Waals surface area contributed by atoms with Gasteiger partial charge in [0, 0.05) is 51.7 Å². The van der Waals surface area contributed by atoms with Crippen molar-refractivity contribution in [1.29, 1.82) is 0 Å². The Hall–Kier alpha value is -0.970. The highest BCUT2D eigenvalue weighted by molar-refractivity contribution is 5.07. The molecule has 4 nitrogen and oxygen atoms in total. The highest BCUT2D eigenvalue weighted by Gasteiger charge is 2.13. The summed E-state index contributed by atoms with van der Waals surface area (Å²) in [5.74, 6) is 0. The lowest BCUT2D eigenvalue weighted by Crippen LogP contribution is -2.41. The number of hydrogen-bond donors (Lipinski definition) is 1. The number of rotatable bonds is 11. The van der Waals surface area contributed by atoms with Crippen LogP contribution < -0.4 is 5.32 Å². The summed E-state index contributed by atoms with van der Waals surface area (Å²) in [6.07, 6.45) is 6.12. The van der Waals surface area contributed by atoms with Crippen LogP contribution in [-0.2, 0) is 11.3 Å². The van der Waals surface area contributed by atoms with Crippen LogP contribution in [0.25, 0.3) is 0 Å². The first-order chi connectivity index (χ1) is 9.81. The van der Waals surface area contributed by atoms with Crippen LogP contribution in [0, 0.1) is 0 Å². The number of pyridine rings is 1. The summed E-state index contributed by atoms with van der Waals surface area (Å²) in [6.45, 7) is 9.28. The average molecular weight is 279 g/mol. The monoisotopic (exact) mass is 279 g/mol. The van der Waals surface area contributed by atoms with Gasteiger partial charge in [0.05, 0.1) is 6.61 Å². The third-order valence-corrected chi connectivity index (χ3v) is 3.67. The zero-order valence-electron chi connectivity index (χ0n) is 13.1. The summed E-state index contributed by atoms with van der Waals surface area (Å²) in [5, 5.41) is 3.49. The zero-order valence-corrected chi connectivity index (χ0v) is 13.1. The van der Waals surface area contributed by atoms with Gasteiger partial charge >= 0.3 is 0 Å². The molecule has 1 aromatic heterocycles. The van der Waals surface area contributed by atoms with E-state index in [0.717, 1.165) is 32.8 Å². The van der Waals surface area contributed by atoms with E-state index >= 15 is 0 Å². The molecular weight excluding hydrogens is 250 g/mol. The van der Waals surface area contributed by atoms with Crippen molar-refractivity contribution >= 4 is 0 Å². The van der Waals surface area contributed by atoms with Gasteiger partial charge in [-0.1, -0.05) is 19.9 Å². The van der Waals surface area contributed by atoms with Gasteiger partial charge in [0.15, 0.2) is 0 Å². The molecule has 0 aliphatic carbocycles. The predicted octanol–water partition coefficient (Wildman–Crippen LogP) is 2.31. The van der Waals surface area contributed by atoms with E-state index in [1.54, 1.807) is 7.11 Å². The van der Waals surface area contributed by atoms with Crippen molar-refractivity contribution in [3.63, 3.8) is 0 Å². The first kappa shape index (κ1) is 17.1. The van der Waals surface area contributed by atoms with Crippen molar-refractivity contribution in [2.75, 3.05) is 33.4 Å². The SMILES string of the molecule is CCC(CC)N(CCNCc1cccnc1)CCOC. The van der Waals surface area contributed by atoms with Gasteiger partial charge in [0.25, 0.3) is 0 Å². The lowest BCUT2D eigenvalue weighted by molar-refractivity contribution is 0.116. The molecule has 0 spiro atoms. The Bertz CT molecular complexity index is 328. The van der Waals surface area contributed by atoms with Crippen LogP contribution >= 0.6 is 0 Å². The maximum Gasteiger partial charge on any atom is 0.0589 e. The zero-order chi connectivity index (χ0) is 14.6. The first-order valence-corrected chi connectivity index (χ1v) is 7.64. The minimum absolute atomic E-state index is 0.658.